The smallest absolute Gasteiger partial charge is 0.252 e. The van der Waals surface area contributed by atoms with Gasteiger partial charge in [-0.3, -0.25) is 4.79 Å². The molecule has 4 fully saturated rings. The lowest BCUT2D eigenvalue weighted by molar-refractivity contribution is -0.307. The van der Waals surface area contributed by atoms with Crippen LogP contribution < -0.4 is 39.3 Å². The van der Waals surface area contributed by atoms with E-state index >= 15 is 0 Å². The Morgan fingerprint density at radius 3 is 2.18 bits per heavy atom. The molecule has 20 N–H and O–H groups in total. The van der Waals surface area contributed by atoms with Crippen molar-refractivity contribution in [3.05, 3.63) is 0 Å². The van der Waals surface area contributed by atoms with Gasteiger partial charge in [-0.15, -0.1) is 0 Å². The van der Waals surface area contributed by atoms with Gasteiger partial charge in [0.25, 0.3) is 5.91 Å². The van der Waals surface area contributed by atoms with Crippen LogP contribution >= 0.6 is 0 Å². The number of nitrogens with one attached hydrogen (secondary N) is 2. The Hall–Kier alpha value is -1.21. The highest BCUT2D eigenvalue weighted by molar-refractivity contribution is 5.86. The fourth-order valence-corrected chi connectivity index (χ4v) is 6.73. The summed E-state index contributed by atoms with van der Waals surface area (Å²) >= 11 is 0. The van der Waals surface area contributed by atoms with Crippen LogP contribution in [0.3, 0.4) is 0 Å². The quantitative estimate of drug-likeness (QED) is 0.0983. The number of rotatable bonds is 11. The normalized spacial score (nSPS) is 49.6. The summed E-state index contributed by atoms with van der Waals surface area (Å²) in [5, 5.41) is 89.5. The standard InChI is InChI=1S/C26H51N7O12/c27-8-2-26(42,3-8)25(41)33-11-1-10(29)14(19(38)22(11)45-24-21(40)15(30)17(36)13(7-35)44-24)23-16(31)20(39)18(37)12(43-23)5-32-4-9(28)6-34/h8-24,32,34-40,42H,1-7,27-31H2,(H,33,41)/t8?,9?,10-,11+,12+,13+,14?,15-,16+,17+,18+,19-,20+,21+,22-,23+,24+,26?/m0/s1. The van der Waals surface area contributed by atoms with E-state index in [9.17, 15) is 45.6 Å². The molecule has 16 atom stereocenters. The molecule has 19 heteroatoms. The molecule has 2 heterocycles. The Balaban J connectivity index is 1.58. The van der Waals surface area contributed by atoms with E-state index < -0.39 is 115 Å². The van der Waals surface area contributed by atoms with Crippen molar-refractivity contribution < 1.29 is 59.9 Å². The van der Waals surface area contributed by atoms with Crippen LogP contribution in [0.15, 0.2) is 0 Å². The zero-order valence-corrected chi connectivity index (χ0v) is 24.9. The maximum absolute atomic E-state index is 13.1. The summed E-state index contributed by atoms with van der Waals surface area (Å²) in [6, 6.07) is -5.51. The SMILES string of the molecule is NC(CO)CNC[C@H]1O[C@H](C2[C@@H](N)C[C@@H](NC(=O)C3(O)CC(N)C3)[C@H](O[C@H]3O[C@H](CO)[C@@H](O)[C@H](N)[C@H]3O)[C@H]2O)[C@H](N)[C@@H](O)[C@@H]1O. The van der Waals surface area contributed by atoms with Crippen molar-refractivity contribution in [1.29, 1.82) is 0 Å². The number of aliphatic hydroxyl groups is 8. The summed E-state index contributed by atoms with van der Waals surface area (Å²) in [4.78, 5) is 13.1. The van der Waals surface area contributed by atoms with Crippen molar-refractivity contribution >= 4 is 5.91 Å². The van der Waals surface area contributed by atoms with Crippen LogP contribution in [0.1, 0.15) is 19.3 Å². The van der Waals surface area contributed by atoms with Crippen molar-refractivity contribution in [2.45, 2.75) is 122 Å². The van der Waals surface area contributed by atoms with E-state index in [1.165, 1.54) is 0 Å². The lowest BCUT2D eigenvalue weighted by Crippen LogP contribution is -2.73. The molecule has 2 saturated carbocycles. The monoisotopic (exact) mass is 653 g/mol. The van der Waals surface area contributed by atoms with E-state index in [1.807, 2.05) is 0 Å². The van der Waals surface area contributed by atoms with Crippen LogP contribution in [0, 0.1) is 5.92 Å². The predicted octanol–water partition coefficient (Wildman–Crippen LogP) is -9.09. The Morgan fingerprint density at radius 2 is 1.58 bits per heavy atom. The zero-order valence-electron chi connectivity index (χ0n) is 24.9. The first-order chi connectivity index (χ1) is 21.1. The molecule has 2 unspecified atom stereocenters. The molecule has 262 valence electrons. The van der Waals surface area contributed by atoms with Crippen molar-refractivity contribution in [2.75, 3.05) is 26.3 Å². The first kappa shape index (κ1) is 36.6. The topological polar surface area (TPSA) is 361 Å². The van der Waals surface area contributed by atoms with Gasteiger partial charge in [0.05, 0.1) is 49.7 Å². The van der Waals surface area contributed by atoms with Gasteiger partial charge in [0, 0.05) is 50.0 Å². The zero-order chi connectivity index (χ0) is 33.4. The molecule has 0 aromatic carbocycles. The molecular formula is C26H51N7O12. The predicted molar refractivity (Wildman–Crippen MR) is 153 cm³/mol. The molecular weight excluding hydrogens is 602 g/mol. The molecule has 0 aromatic heterocycles. The third kappa shape index (κ3) is 7.60. The van der Waals surface area contributed by atoms with Crippen molar-refractivity contribution in [3.63, 3.8) is 0 Å². The minimum Gasteiger partial charge on any atom is -0.395 e. The number of nitrogens with two attached hydrogens (primary N) is 5. The molecule has 19 nitrogen and oxygen atoms in total. The number of carbonyl (C=O) groups is 1. The molecule has 2 saturated heterocycles. The summed E-state index contributed by atoms with van der Waals surface area (Å²) in [6.45, 7) is -0.784. The average Bonchev–Trinajstić information content (AvgIpc) is 2.98. The largest absolute Gasteiger partial charge is 0.395 e. The van der Waals surface area contributed by atoms with Gasteiger partial charge in [-0.25, -0.2) is 0 Å². The van der Waals surface area contributed by atoms with Gasteiger partial charge in [-0.2, -0.15) is 0 Å². The first-order valence-electron chi connectivity index (χ1n) is 15.2. The molecule has 0 radical (unpaired) electrons. The number of amides is 1. The van der Waals surface area contributed by atoms with Gasteiger partial charge in [0.15, 0.2) is 6.29 Å². The fraction of sp³-hybridized carbons (Fsp3) is 0.962. The minimum absolute atomic E-state index is 0.00258. The number of aliphatic hydroxyl groups excluding tert-OH is 7. The highest BCUT2D eigenvalue weighted by atomic mass is 16.7. The Bertz CT molecular complexity index is 983. The maximum atomic E-state index is 13.1. The third-order valence-corrected chi connectivity index (χ3v) is 9.52. The summed E-state index contributed by atoms with van der Waals surface area (Å²) < 4.78 is 17.7. The second-order valence-electron chi connectivity index (χ2n) is 12.9. The molecule has 4 rings (SSSR count). The van der Waals surface area contributed by atoms with Crippen molar-refractivity contribution in [2.24, 2.45) is 34.6 Å². The molecule has 45 heavy (non-hydrogen) atoms. The summed E-state index contributed by atoms with van der Waals surface area (Å²) in [6.07, 6.45) is -14.1. The number of carbonyl (C=O) groups excluding carboxylic acids is 1. The number of ether oxygens (including phenoxy) is 3. The summed E-state index contributed by atoms with van der Waals surface area (Å²) in [5.41, 5.74) is 28.5. The number of hydrogen-bond acceptors (Lipinski definition) is 18. The van der Waals surface area contributed by atoms with Crippen molar-refractivity contribution in [1.82, 2.24) is 10.6 Å². The maximum Gasteiger partial charge on any atom is 0.252 e. The highest BCUT2D eigenvalue weighted by Gasteiger charge is 2.56. The highest BCUT2D eigenvalue weighted by Crippen LogP contribution is 2.38. The molecule has 2 aliphatic carbocycles. The van der Waals surface area contributed by atoms with Gasteiger partial charge in [0.1, 0.15) is 42.2 Å². The fourth-order valence-electron chi connectivity index (χ4n) is 6.73. The van der Waals surface area contributed by atoms with Crippen LogP contribution in [-0.4, -0.2) is 176 Å². The lowest BCUT2D eigenvalue weighted by Gasteiger charge is -2.52. The van der Waals surface area contributed by atoms with Crippen molar-refractivity contribution in [3.8, 4) is 0 Å². The van der Waals surface area contributed by atoms with E-state index in [1.54, 1.807) is 0 Å². The van der Waals surface area contributed by atoms with Gasteiger partial charge < -0.3 is 94.4 Å². The van der Waals surface area contributed by atoms with Gasteiger partial charge in [-0.1, -0.05) is 0 Å². The van der Waals surface area contributed by atoms with Gasteiger partial charge in [-0.05, 0) is 6.42 Å². The van der Waals surface area contributed by atoms with E-state index in [0.29, 0.717) is 0 Å². The van der Waals surface area contributed by atoms with Gasteiger partial charge in [0.2, 0.25) is 0 Å². The average molecular weight is 654 g/mol. The van der Waals surface area contributed by atoms with E-state index in [4.69, 9.17) is 42.9 Å². The van der Waals surface area contributed by atoms with Crippen LogP contribution in [0.5, 0.6) is 0 Å². The molecule has 0 spiro atoms. The Morgan fingerprint density at radius 1 is 0.911 bits per heavy atom. The number of hydrogen-bond donors (Lipinski definition) is 15. The minimum atomic E-state index is -1.75. The van der Waals surface area contributed by atoms with Crippen LogP contribution in [0.2, 0.25) is 0 Å². The summed E-state index contributed by atoms with van der Waals surface area (Å²) in [7, 11) is 0. The molecule has 1 amide bonds. The van der Waals surface area contributed by atoms with Crippen LogP contribution in [0.4, 0.5) is 0 Å². The molecule has 4 aliphatic rings. The molecule has 0 bridgehead atoms. The molecule has 0 aromatic rings. The van der Waals surface area contributed by atoms with E-state index in [-0.39, 0.29) is 45.0 Å². The molecule has 2 aliphatic heterocycles. The van der Waals surface area contributed by atoms with E-state index in [0.717, 1.165) is 0 Å². The Labute approximate surface area is 259 Å². The third-order valence-electron chi connectivity index (χ3n) is 9.52. The lowest BCUT2D eigenvalue weighted by atomic mass is 9.71. The van der Waals surface area contributed by atoms with E-state index in [2.05, 4.69) is 10.6 Å². The van der Waals surface area contributed by atoms with Crippen LogP contribution in [0.25, 0.3) is 0 Å². The second-order valence-corrected chi connectivity index (χ2v) is 12.9. The second kappa shape index (κ2) is 14.9. The van der Waals surface area contributed by atoms with Crippen LogP contribution in [-0.2, 0) is 19.0 Å². The Kier molecular flexibility index (Phi) is 12.1. The first-order valence-corrected chi connectivity index (χ1v) is 15.2. The summed E-state index contributed by atoms with van der Waals surface area (Å²) in [5.74, 6) is -1.85. The van der Waals surface area contributed by atoms with Gasteiger partial charge >= 0.3 is 0 Å².